The summed E-state index contributed by atoms with van der Waals surface area (Å²) in [6.07, 6.45) is 0.823. The van der Waals surface area contributed by atoms with Crippen molar-refractivity contribution in [2.75, 3.05) is 19.0 Å². The van der Waals surface area contributed by atoms with E-state index in [1.165, 1.54) is 12.1 Å². The maximum absolute atomic E-state index is 13.3. The van der Waals surface area contributed by atoms with Gasteiger partial charge in [-0.05, 0) is 35.7 Å². The van der Waals surface area contributed by atoms with Crippen molar-refractivity contribution in [2.45, 2.75) is 13.0 Å². The van der Waals surface area contributed by atoms with Gasteiger partial charge in [0.1, 0.15) is 0 Å². The average Bonchev–Trinajstić information content (AvgIpc) is 2.47. The van der Waals surface area contributed by atoms with Crippen LogP contribution in [0, 0.1) is 5.82 Å². The largest absolute Gasteiger partial charge is 0.505 e. The zero-order valence-corrected chi connectivity index (χ0v) is 11.4. The smallest absolute Gasteiger partial charge is 0.165 e. The molecule has 20 heavy (non-hydrogen) atoms. The van der Waals surface area contributed by atoms with Gasteiger partial charge in [-0.3, -0.25) is 0 Å². The van der Waals surface area contributed by atoms with Gasteiger partial charge >= 0.3 is 0 Å². The van der Waals surface area contributed by atoms with E-state index in [-0.39, 0.29) is 5.75 Å². The molecule has 0 radical (unpaired) electrons. The van der Waals surface area contributed by atoms with Crippen LogP contribution in [0.5, 0.6) is 5.75 Å². The van der Waals surface area contributed by atoms with Crippen molar-refractivity contribution in [3.63, 3.8) is 0 Å². The fourth-order valence-corrected chi connectivity index (χ4v) is 1.98. The van der Waals surface area contributed by atoms with Crippen LogP contribution in [0.15, 0.2) is 42.5 Å². The van der Waals surface area contributed by atoms with Gasteiger partial charge in [0.25, 0.3) is 0 Å². The first kappa shape index (κ1) is 14.3. The lowest BCUT2D eigenvalue weighted by atomic mass is 10.1. The van der Waals surface area contributed by atoms with Gasteiger partial charge in [-0.2, -0.15) is 0 Å². The highest BCUT2D eigenvalue weighted by molar-refractivity contribution is 5.51. The molecule has 4 heteroatoms. The van der Waals surface area contributed by atoms with Gasteiger partial charge in [-0.1, -0.05) is 24.3 Å². The minimum Gasteiger partial charge on any atom is -0.505 e. The fraction of sp³-hybridized carbons (Fsp3) is 0.250. The average molecular weight is 275 g/mol. The molecule has 0 fully saturated rings. The molecule has 3 nitrogen and oxygen atoms in total. The number of rotatable bonds is 6. The second kappa shape index (κ2) is 6.91. The quantitative estimate of drug-likeness (QED) is 0.849. The predicted octanol–water partition coefficient (Wildman–Crippen LogP) is 3.33. The molecule has 0 saturated heterocycles. The molecule has 0 heterocycles. The number of phenols is 1. The molecular formula is C16H18FNO2. The van der Waals surface area contributed by atoms with Crippen LogP contribution in [0.1, 0.15) is 11.1 Å². The molecule has 0 aliphatic heterocycles. The van der Waals surface area contributed by atoms with E-state index in [2.05, 4.69) is 5.32 Å². The molecule has 0 aromatic heterocycles. The van der Waals surface area contributed by atoms with Crippen LogP contribution in [0.2, 0.25) is 0 Å². The number of methoxy groups -OCH3 is 1. The number of halogens is 1. The fourth-order valence-electron chi connectivity index (χ4n) is 1.98. The molecule has 2 aromatic rings. The molecule has 0 atom stereocenters. The highest BCUT2D eigenvalue weighted by atomic mass is 19.1. The SMILES string of the molecule is COCCc1ccccc1NCc1ccc(O)c(F)c1. The Labute approximate surface area is 118 Å². The Morgan fingerprint density at radius 2 is 2.00 bits per heavy atom. The second-order valence-electron chi connectivity index (χ2n) is 4.54. The summed E-state index contributed by atoms with van der Waals surface area (Å²) < 4.78 is 18.3. The maximum atomic E-state index is 13.3. The van der Waals surface area contributed by atoms with Gasteiger partial charge in [0.15, 0.2) is 11.6 Å². The summed E-state index contributed by atoms with van der Waals surface area (Å²) in [5.74, 6) is -0.925. The molecular weight excluding hydrogens is 257 g/mol. The van der Waals surface area contributed by atoms with Crippen molar-refractivity contribution in [3.05, 3.63) is 59.4 Å². The van der Waals surface area contributed by atoms with Crippen LogP contribution in [0.3, 0.4) is 0 Å². The number of para-hydroxylation sites is 1. The van der Waals surface area contributed by atoms with E-state index in [4.69, 9.17) is 9.84 Å². The molecule has 2 N–H and O–H groups in total. The lowest BCUT2D eigenvalue weighted by molar-refractivity contribution is 0.202. The van der Waals surface area contributed by atoms with Crippen molar-refractivity contribution in [3.8, 4) is 5.75 Å². The third-order valence-electron chi connectivity index (χ3n) is 3.09. The van der Waals surface area contributed by atoms with Gasteiger partial charge < -0.3 is 15.2 Å². The topological polar surface area (TPSA) is 41.5 Å². The van der Waals surface area contributed by atoms with E-state index in [9.17, 15) is 4.39 Å². The van der Waals surface area contributed by atoms with Crippen LogP contribution in [0.4, 0.5) is 10.1 Å². The summed E-state index contributed by atoms with van der Waals surface area (Å²) in [5.41, 5.74) is 2.95. The number of aromatic hydroxyl groups is 1. The lowest BCUT2D eigenvalue weighted by Crippen LogP contribution is -2.04. The van der Waals surface area contributed by atoms with Crippen molar-refractivity contribution >= 4 is 5.69 Å². The molecule has 106 valence electrons. The van der Waals surface area contributed by atoms with Crippen molar-refractivity contribution in [1.82, 2.24) is 0 Å². The number of benzene rings is 2. The Kier molecular flexibility index (Phi) is 4.96. The number of hydrogen-bond donors (Lipinski definition) is 2. The van der Waals surface area contributed by atoms with E-state index in [0.717, 1.165) is 23.2 Å². The Balaban J connectivity index is 2.04. The van der Waals surface area contributed by atoms with Crippen molar-refractivity contribution in [2.24, 2.45) is 0 Å². The van der Waals surface area contributed by atoms with Gasteiger partial charge in [0.2, 0.25) is 0 Å². The molecule has 0 saturated carbocycles. The third kappa shape index (κ3) is 3.71. The number of phenolic OH excluding ortho intramolecular Hbond substituents is 1. The summed E-state index contributed by atoms with van der Waals surface area (Å²) in [4.78, 5) is 0. The van der Waals surface area contributed by atoms with Crippen LogP contribution in [-0.4, -0.2) is 18.8 Å². The monoisotopic (exact) mass is 275 g/mol. The molecule has 2 rings (SSSR count). The lowest BCUT2D eigenvalue weighted by Gasteiger charge is -2.12. The summed E-state index contributed by atoms with van der Waals surface area (Å²) in [5, 5.41) is 12.4. The van der Waals surface area contributed by atoms with Gasteiger partial charge in [-0.25, -0.2) is 4.39 Å². The number of hydrogen-bond acceptors (Lipinski definition) is 3. The molecule has 0 bridgehead atoms. The van der Waals surface area contributed by atoms with Crippen LogP contribution in [-0.2, 0) is 17.7 Å². The highest BCUT2D eigenvalue weighted by Crippen LogP contribution is 2.19. The molecule has 0 spiro atoms. The van der Waals surface area contributed by atoms with E-state index in [0.29, 0.717) is 13.2 Å². The Morgan fingerprint density at radius 3 is 2.75 bits per heavy atom. The van der Waals surface area contributed by atoms with E-state index < -0.39 is 5.82 Å². The summed E-state index contributed by atoms with van der Waals surface area (Å²) in [7, 11) is 1.68. The first-order valence-electron chi connectivity index (χ1n) is 6.49. The van der Waals surface area contributed by atoms with Gasteiger partial charge in [0.05, 0.1) is 6.61 Å². The standard InChI is InChI=1S/C16H18FNO2/c1-20-9-8-13-4-2-3-5-15(13)18-11-12-6-7-16(19)14(17)10-12/h2-7,10,18-19H,8-9,11H2,1H3. The van der Waals surface area contributed by atoms with Gasteiger partial charge in [-0.15, -0.1) is 0 Å². The minimum absolute atomic E-state index is 0.325. The summed E-state index contributed by atoms with van der Waals surface area (Å²) in [6, 6.07) is 12.4. The zero-order valence-electron chi connectivity index (χ0n) is 11.4. The van der Waals surface area contributed by atoms with Gasteiger partial charge in [0, 0.05) is 19.3 Å². The highest BCUT2D eigenvalue weighted by Gasteiger charge is 2.04. The van der Waals surface area contributed by atoms with E-state index in [1.54, 1.807) is 13.2 Å². The Morgan fingerprint density at radius 1 is 1.20 bits per heavy atom. The van der Waals surface area contributed by atoms with Crippen molar-refractivity contribution < 1.29 is 14.2 Å². The molecule has 0 aliphatic rings. The van der Waals surface area contributed by atoms with E-state index in [1.807, 2.05) is 24.3 Å². The molecule has 2 aromatic carbocycles. The Bertz CT molecular complexity index is 572. The predicted molar refractivity (Wildman–Crippen MR) is 77.4 cm³/mol. The first-order valence-corrected chi connectivity index (χ1v) is 6.49. The normalized spacial score (nSPS) is 10.5. The minimum atomic E-state index is -0.600. The number of ether oxygens (including phenoxy) is 1. The first-order chi connectivity index (χ1) is 9.70. The molecule has 0 unspecified atom stereocenters. The number of anilines is 1. The van der Waals surface area contributed by atoms with Crippen LogP contribution >= 0.6 is 0 Å². The third-order valence-corrected chi connectivity index (χ3v) is 3.09. The van der Waals surface area contributed by atoms with Crippen molar-refractivity contribution in [1.29, 1.82) is 0 Å². The molecule has 0 aliphatic carbocycles. The van der Waals surface area contributed by atoms with E-state index >= 15 is 0 Å². The second-order valence-corrected chi connectivity index (χ2v) is 4.54. The molecule has 0 amide bonds. The van der Waals surface area contributed by atoms with Crippen LogP contribution in [0.25, 0.3) is 0 Å². The summed E-state index contributed by atoms with van der Waals surface area (Å²) >= 11 is 0. The summed E-state index contributed by atoms with van der Waals surface area (Å²) in [6.45, 7) is 1.16. The zero-order chi connectivity index (χ0) is 14.4. The maximum Gasteiger partial charge on any atom is 0.165 e. The Hall–Kier alpha value is -2.07. The van der Waals surface area contributed by atoms with Crippen LogP contribution < -0.4 is 5.32 Å². The number of nitrogens with one attached hydrogen (secondary N) is 1.